The zero-order valence-electron chi connectivity index (χ0n) is 30.8. The summed E-state index contributed by atoms with van der Waals surface area (Å²) < 4.78 is 62.1. The van der Waals surface area contributed by atoms with Crippen LogP contribution in [-0.4, -0.2) is 38.0 Å². The molecule has 4 nitrogen and oxygen atoms in total. The molecule has 2 atom stereocenters. The van der Waals surface area contributed by atoms with Crippen molar-refractivity contribution in [1.29, 1.82) is 0 Å². The number of benzene rings is 4. The van der Waals surface area contributed by atoms with Gasteiger partial charge in [-0.1, -0.05) is 77.9 Å². The molecule has 1 unspecified atom stereocenters. The van der Waals surface area contributed by atoms with Crippen LogP contribution in [0.5, 0.6) is 0 Å². The second-order valence-electron chi connectivity index (χ2n) is 16.1. The van der Waals surface area contributed by atoms with Crippen LogP contribution >= 0.6 is 0 Å². The van der Waals surface area contributed by atoms with Crippen molar-refractivity contribution in [2.75, 3.05) is 39.2 Å². The van der Waals surface area contributed by atoms with Crippen LogP contribution in [0, 0.1) is 37.1 Å². The van der Waals surface area contributed by atoms with E-state index in [2.05, 4.69) is 102 Å². The third-order valence-electron chi connectivity index (χ3n) is 10.6. The highest BCUT2D eigenvalue weighted by molar-refractivity contribution is 5.66. The lowest BCUT2D eigenvalue weighted by Crippen LogP contribution is -2.47. The maximum Gasteiger partial charge on any atom is 0.149 e. The predicted molar refractivity (Wildman–Crippen MR) is 199 cm³/mol. The third kappa shape index (κ3) is 6.54. The SMILES string of the molecule is Cc1ccc(C(C)(C)C)cc1N1CCN(c2cc(C(C)(C)C)ccc2C)C1CC1CN(c2c(F)cccc2F)[C@@H](C)N1c1c(F)cccc1F. The molecule has 8 heteroatoms. The molecule has 4 aromatic carbocycles. The molecular weight excluding hydrogens is 636 g/mol. The van der Waals surface area contributed by atoms with Crippen molar-refractivity contribution in [3.63, 3.8) is 0 Å². The monoisotopic (exact) mass is 686 g/mol. The standard InChI is InChI=1S/C42H50F4N4/c1-26-16-18-29(41(4,5)6)22-36(26)47-20-21-48(37-23-30(42(7,8)9)19-17-27(37)2)38(47)24-31-25-49(39-32(43)12-10-13-33(39)44)28(3)50(31)40-34(45)14-11-15-35(40)46/h10-19,22-23,28,31,38H,20-21,24-25H2,1-9H3/t28-,31?/m1/s1. The van der Waals surface area contributed by atoms with Gasteiger partial charge in [-0.25, -0.2) is 17.6 Å². The van der Waals surface area contributed by atoms with E-state index in [1.807, 2.05) is 0 Å². The molecule has 4 aromatic rings. The van der Waals surface area contributed by atoms with Gasteiger partial charge in [0.15, 0.2) is 0 Å². The molecule has 0 spiro atoms. The van der Waals surface area contributed by atoms with Gasteiger partial charge in [-0.15, -0.1) is 0 Å². The molecule has 50 heavy (non-hydrogen) atoms. The summed E-state index contributed by atoms with van der Waals surface area (Å²) in [5.74, 6) is -2.83. The summed E-state index contributed by atoms with van der Waals surface area (Å²) >= 11 is 0. The van der Waals surface area contributed by atoms with Gasteiger partial charge in [-0.05, 0) is 90.3 Å². The van der Waals surface area contributed by atoms with E-state index in [1.54, 1.807) is 16.7 Å². The van der Waals surface area contributed by atoms with Crippen molar-refractivity contribution in [2.45, 2.75) is 97.9 Å². The Hall–Kier alpha value is -4.20. The first-order valence-electron chi connectivity index (χ1n) is 17.7. The molecule has 0 saturated carbocycles. The maximum atomic E-state index is 15.7. The summed E-state index contributed by atoms with van der Waals surface area (Å²) in [5.41, 5.74) is 6.41. The Labute approximate surface area is 295 Å². The van der Waals surface area contributed by atoms with Crippen LogP contribution in [-0.2, 0) is 10.8 Å². The van der Waals surface area contributed by atoms with Crippen LogP contribution in [0.4, 0.5) is 40.3 Å². The lowest BCUT2D eigenvalue weighted by atomic mass is 9.86. The van der Waals surface area contributed by atoms with Gasteiger partial charge in [0.1, 0.15) is 40.8 Å². The summed E-state index contributed by atoms with van der Waals surface area (Å²) in [5, 5.41) is 0. The van der Waals surface area contributed by atoms with Gasteiger partial charge < -0.3 is 19.6 Å². The number of hydrogen-bond donors (Lipinski definition) is 0. The molecule has 2 aliphatic heterocycles. The summed E-state index contributed by atoms with van der Waals surface area (Å²) in [6.07, 6.45) is -0.515. The van der Waals surface area contributed by atoms with Gasteiger partial charge in [0.2, 0.25) is 0 Å². The zero-order chi connectivity index (χ0) is 36.3. The molecule has 6 rings (SSSR count). The average molecular weight is 687 g/mol. The molecule has 266 valence electrons. The van der Waals surface area contributed by atoms with E-state index in [9.17, 15) is 0 Å². The van der Waals surface area contributed by atoms with E-state index >= 15 is 17.6 Å². The van der Waals surface area contributed by atoms with E-state index < -0.39 is 35.5 Å². The van der Waals surface area contributed by atoms with Crippen molar-refractivity contribution in [1.82, 2.24) is 0 Å². The quantitative estimate of drug-likeness (QED) is 0.187. The largest absolute Gasteiger partial charge is 0.349 e. The van der Waals surface area contributed by atoms with Gasteiger partial charge in [0.05, 0.1) is 12.2 Å². The highest BCUT2D eigenvalue weighted by atomic mass is 19.1. The van der Waals surface area contributed by atoms with E-state index in [-0.39, 0.29) is 34.9 Å². The van der Waals surface area contributed by atoms with Crippen molar-refractivity contribution in [2.24, 2.45) is 0 Å². The van der Waals surface area contributed by atoms with Crippen LogP contribution in [0.15, 0.2) is 72.8 Å². The molecule has 0 aromatic heterocycles. The number of halogens is 4. The van der Waals surface area contributed by atoms with Crippen molar-refractivity contribution < 1.29 is 17.6 Å². The van der Waals surface area contributed by atoms with Gasteiger partial charge in [0.25, 0.3) is 0 Å². The first-order valence-corrected chi connectivity index (χ1v) is 17.7. The Morgan fingerprint density at radius 3 is 1.44 bits per heavy atom. The normalized spacial score (nSPS) is 18.9. The number of anilines is 4. The molecule has 2 saturated heterocycles. The minimum Gasteiger partial charge on any atom is -0.349 e. The van der Waals surface area contributed by atoms with Crippen LogP contribution in [0.2, 0.25) is 0 Å². The predicted octanol–water partition coefficient (Wildman–Crippen LogP) is 10.2. The second kappa shape index (κ2) is 13.2. The third-order valence-corrected chi connectivity index (χ3v) is 10.6. The Bertz CT molecular complexity index is 1760. The van der Waals surface area contributed by atoms with Gasteiger partial charge >= 0.3 is 0 Å². The highest BCUT2D eigenvalue weighted by Gasteiger charge is 2.45. The van der Waals surface area contributed by atoms with E-state index in [0.29, 0.717) is 6.42 Å². The molecular formula is C42H50F4N4. The van der Waals surface area contributed by atoms with Crippen LogP contribution in [0.25, 0.3) is 0 Å². The maximum absolute atomic E-state index is 15.7. The Morgan fingerprint density at radius 1 is 0.600 bits per heavy atom. The molecule has 0 bridgehead atoms. The number of rotatable bonds is 6. The topological polar surface area (TPSA) is 13.0 Å². The van der Waals surface area contributed by atoms with Crippen molar-refractivity contribution >= 4 is 22.7 Å². The van der Waals surface area contributed by atoms with Crippen molar-refractivity contribution in [3.8, 4) is 0 Å². The molecule has 0 aliphatic carbocycles. The molecule has 0 amide bonds. The minimum absolute atomic E-state index is 0.0701. The van der Waals surface area contributed by atoms with Gasteiger partial charge in [-0.2, -0.15) is 0 Å². The lowest BCUT2D eigenvalue weighted by molar-refractivity contribution is 0.503. The van der Waals surface area contributed by atoms with Crippen LogP contribution in [0.3, 0.4) is 0 Å². The van der Waals surface area contributed by atoms with Crippen molar-refractivity contribution in [3.05, 3.63) is 118 Å². The Morgan fingerprint density at radius 2 is 1.02 bits per heavy atom. The first kappa shape index (κ1) is 35.6. The molecule has 2 aliphatic rings. The smallest absolute Gasteiger partial charge is 0.149 e. The van der Waals surface area contributed by atoms with Gasteiger partial charge in [0, 0.05) is 37.4 Å². The summed E-state index contributed by atoms with van der Waals surface area (Å²) in [6.45, 7) is 20.9. The summed E-state index contributed by atoms with van der Waals surface area (Å²) in [7, 11) is 0. The van der Waals surface area contributed by atoms with E-state index in [0.717, 1.165) is 35.6 Å². The molecule has 2 heterocycles. The number of aryl methyl sites for hydroxylation is 2. The minimum atomic E-state index is -0.738. The first-order chi connectivity index (χ1) is 23.5. The second-order valence-corrected chi connectivity index (χ2v) is 16.1. The lowest BCUT2D eigenvalue weighted by Gasteiger charge is -2.39. The number of nitrogens with zero attached hydrogens (tertiary/aromatic N) is 4. The molecule has 2 fully saturated rings. The fourth-order valence-electron chi connectivity index (χ4n) is 7.77. The fourth-order valence-corrected chi connectivity index (χ4v) is 7.77. The van der Waals surface area contributed by atoms with Crippen LogP contribution in [0.1, 0.15) is 77.1 Å². The zero-order valence-corrected chi connectivity index (χ0v) is 30.8. The highest BCUT2D eigenvalue weighted by Crippen LogP contribution is 2.42. The van der Waals surface area contributed by atoms with E-state index in [4.69, 9.17) is 0 Å². The molecule has 0 radical (unpaired) electrons. The fraction of sp³-hybridized carbons (Fsp3) is 0.429. The Kier molecular flexibility index (Phi) is 9.38. The average Bonchev–Trinajstić information content (AvgIpc) is 3.57. The summed E-state index contributed by atoms with van der Waals surface area (Å²) in [6, 6.07) is 20.4. The van der Waals surface area contributed by atoms with E-state index in [1.165, 1.54) is 47.5 Å². The Balaban J connectivity index is 1.51. The number of para-hydroxylation sites is 2. The summed E-state index contributed by atoms with van der Waals surface area (Å²) in [4.78, 5) is 8.14. The van der Waals surface area contributed by atoms with Crippen LogP contribution < -0.4 is 19.6 Å². The molecule has 0 N–H and O–H groups in total. The van der Waals surface area contributed by atoms with Gasteiger partial charge in [-0.3, -0.25) is 0 Å². The number of hydrogen-bond acceptors (Lipinski definition) is 4.